The van der Waals surface area contributed by atoms with Gasteiger partial charge in [-0.1, -0.05) is 0 Å². The molecule has 0 aliphatic rings. The molecule has 2 N–H and O–H groups in total. The molecule has 0 saturated heterocycles. The Morgan fingerprint density at radius 3 is 2.68 bits per heavy atom. The van der Waals surface area contributed by atoms with Crippen LogP contribution >= 0.6 is 15.9 Å². The maximum atomic E-state index is 13.9. The van der Waals surface area contributed by atoms with Gasteiger partial charge in [0.1, 0.15) is 18.0 Å². The molecule has 0 amide bonds. The molecule has 0 aliphatic heterocycles. The molecule has 1 aromatic heterocycles. The van der Waals surface area contributed by atoms with Crippen molar-refractivity contribution in [3.63, 3.8) is 0 Å². The van der Waals surface area contributed by atoms with E-state index in [2.05, 4.69) is 20.9 Å². The molecule has 6 heteroatoms. The average molecular weight is 324 g/mol. The number of nitrogen functional groups attached to an aromatic ring is 1. The molecule has 96 valence electrons. The van der Waals surface area contributed by atoms with Gasteiger partial charge in [-0.3, -0.25) is 4.57 Å². The number of fused-ring (bicyclic) bond motifs is 1. The maximum Gasteiger partial charge on any atom is 0.148 e. The van der Waals surface area contributed by atoms with E-state index in [0.29, 0.717) is 16.7 Å². The number of hydrogen-bond acceptors (Lipinski definition) is 2. The van der Waals surface area contributed by atoms with Gasteiger partial charge in [0.25, 0.3) is 0 Å². The van der Waals surface area contributed by atoms with E-state index < -0.39 is 11.6 Å². The zero-order valence-corrected chi connectivity index (χ0v) is 11.2. The fourth-order valence-corrected chi connectivity index (χ4v) is 2.23. The summed E-state index contributed by atoms with van der Waals surface area (Å²) in [6.07, 6.45) is 1.44. The Kier molecular flexibility index (Phi) is 2.74. The van der Waals surface area contributed by atoms with E-state index in [1.165, 1.54) is 10.9 Å². The molecule has 2 aromatic carbocycles. The summed E-state index contributed by atoms with van der Waals surface area (Å²) in [5.74, 6) is -1.07. The third-order valence-electron chi connectivity index (χ3n) is 2.82. The smallest absolute Gasteiger partial charge is 0.148 e. The van der Waals surface area contributed by atoms with E-state index in [-0.39, 0.29) is 10.2 Å². The lowest BCUT2D eigenvalue weighted by Crippen LogP contribution is -1.98. The largest absolute Gasteiger partial charge is 0.399 e. The van der Waals surface area contributed by atoms with Crippen LogP contribution in [0.2, 0.25) is 0 Å². The van der Waals surface area contributed by atoms with Crippen molar-refractivity contribution in [3.8, 4) is 5.69 Å². The molecule has 0 atom stereocenters. The van der Waals surface area contributed by atoms with Crippen LogP contribution in [0.15, 0.2) is 41.1 Å². The standard InChI is InChI=1S/C13H8BrF2N3/c14-8-4-10(16)13(5-9(8)15)19-6-18-11-3-7(17)1-2-12(11)19/h1-6H,17H2. The first-order valence-corrected chi connectivity index (χ1v) is 6.23. The second kappa shape index (κ2) is 4.31. The van der Waals surface area contributed by atoms with Gasteiger partial charge in [0.05, 0.1) is 21.2 Å². The Morgan fingerprint density at radius 1 is 1.11 bits per heavy atom. The van der Waals surface area contributed by atoms with Gasteiger partial charge in [0.2, 0.25) is 0 Å². The van der Waals surface area contributed by atoms with Crippen molar-refractivity contribution in [2.75, 3.05) is 5.73 Å². The molecule has 3 aromatic rings. The predicted octanol–water partition coefficient (Wildman–Crippen LogP) is 3.65. The lowest BCUT2D eigenvalue weighted by molar-refractivity contribution is 0.588. The van der Waals surface area contributed by atoms with Crippen LogP contribution in [-0.4, -0.2) is 9.55 Å². The molecule has 0 spiro atoms. The number of benzene rings is 2. The van der Waals surface area contributed by atoms with Crippen LogP contribution in [0, 0.1) is 11.6 Å². The Bertz CT molecular complexity index is 783. The summed E-state index contributed by atoms with van der Waals surface area (Å²) in [7, 11) is 0. The number of rotatable bonds is 1. The number of aromatic nitrogens is 2. The molecule has 0 unspecified atom stereocenters. The number of anilines is 1. The molecule has 0 aliphatic carbocycles. The Morgan fingerprint density at radius 2 is 1.89 bits per heavy atom. The quantitative estimate of drug-likeness (QED) is 0.548. The predicted molar refractivity (Wildman–Crippen MR) is 73.1 cm³/mol. The molecule has 3 nitrogen and oxygen atoms in total. The summed E-state index contributed by atoms with van der Waals surface area (Å²) in [5.41, 5.74) is 7.62. The highest BCUT2D eigenvalue weighted by molar-refractivity contribution is 9.10. The lowest BCUT2D eigenvalue weighted by atomic mass is 10.2. The molecule has 0 fully saturated rings. The van der Waals surface area contributed by atoms with E-state index in [4.69, 9.17) is 5.73 Å². The molecule has 1 heterocycles. The number of nitrogens with two attached hydrogens (primary N) is 1. The van der Waals surface area contributed by atoms with Gasteiger partial charge in [-0.2, -0.15) is 0 Å². The summed E-state index contributed by atoms with van der Waals surface area (Å²) in [5, 5.41) is 0. The van der Waals surface area contributed by atoms with Crippen molar-refractivity contribution in [2.24, 2.45) is 0 Å². The summed E-state index contributed by atoms with van der Waals surface area (Å²) < 4.78 is 29.1. The number of nitrogens with zero attached hydrogens (tertiary/aromatic N) is 2. The highest BCUT2D eigenvalue weighted by Gasteiger charge is 2.12. The zero-order valence-electron chi connectivity index (χ0n) is 9.57. The Hall–Kier alpha value is -1.95. The van der Waals surface area contributed by atoms with Crippen molar-refractivity contribution in [1.29, 1.82) is 0 Å². The molecular weight excluding hydrogens is 316 g/mol. The average Bonchev–Trinajstić information content (AvgIpc) is 2.76. The van der Waals surface area contributed by atoms with Crippen molar-refractivity contribution >= 4 is 32.7 Å². The minimum Gasteiger partial charge on any atom is -0.399 e. The van der Waals surface area contributed by atoms with Crippen molar-refractivity contribution in [3.05, 3.63) is 52.8 Å². The van der Waals surface area contributed by atoms with E-state index in [0.717, 1.165) is 12.1 Å². The van der Waals surface area contributed by atoms with Crippen molar-refractivity contribution in [2.45, 2.75) is 0 Å². The first kappa shape index (κ1) is 12.1. The highest BCUT2D eigenvalue weighted by atomic mass is 79.9. The lowest BCUT2D eigenvalue weighted by Gasteiger charge is -2.07. The van der Waals surface area contributed by atoms with Crippen LogP contribution < -0.4 is 5.73 Å². The molecule has 19 heavy (non-hydrogen) atoms. The van der Waals surface area contributed by atoms with Crippen LogP contribution in [0.3, 0.4) is 0 Å². The van der Waals surface area contributed by atoms with Crippen LogP contribution in [0.4, 0.5) is 14.5 Å². The SMILES string of the molecule is Nc1ccc2c(c1)ncn2-c1cc(F)c(Br)cc1F. The third kappa shape index (κ3) is 1.98. The number of hydrogen-bond donors (Lipinski definition) is 1. The fourth-order valence-electron chi connectivity index (χ4n) is 1.92. The molecular formula is C13H8BrF2N3. The van der Waals surface area contributed by atoms with E-state index in [9.17, 15) is 8.78 Å². The summed E-state index contributed by atoms with van der Waals surface area (Å²) in [4.78, 5) is 4.13. The first-order chi connectivity index (χ1) is 9.06. The van der Waals surface area contributed by atoms with Crippen LogP contribution in [0.25, 0.3) is 16.7 Å². The second-order valence-corrected chi connectivity index (χ2v) is 4.93. The normalized spacial score (nSPS) is 11.1. The van der Waals surface area contributed by atoms with Gasteiger partial charge in [-0.05, 0) is 40.2 Å². The van der Waals surface area contributed by atoms with Crippen LogP contribution in [-0.2, 0) is 0 Å². The minimum absolute atomic E-state index is 0.0856. The summed E-state index contributed by atoms with van der Waals surface area (Å²) in [6, 6.07) is 7.30. The zero-order chi connectivity index (χ0) is 13.6. The van der Waals surface area contributed by atoms with Crippen molar-refractivity contribution in [1.82, 2.24) is 9.55 Å². The minimum atomic E-state index is -0.538. The van der Waals surface area contributed by atoms with Gasteiger partial charge in [-0.25, -0.2) is 13.8 Å². The van der Waals surface area contributed by atoms with Gasteiger partial charge < -0.3 is 5.73 Å². The van der Waals surface area contributed by atoms with Gasteiger partial charge in [0, 0.05) is 11.8 Å². The van der Waals surface area contributed by atoms with Gasteiger partial charge in [-0.15, -0.1) is 0 Å². The summed E-state index contributed by atoms with van der Waals surface area (Å²) in [6.45, 7) is 0. The maximum absolute atomic E-state index is 13.9. The first-order valence-electron chi connectivity index (χ1n) is 5.44. The highest BCUT2D eigenvalue weighted by Crippen LogP contribution is 2.26. The second-order valence-electron chi connectivity index (χ2n) is 4.08. The van der Waals surface area contributed by atoms with Crippen LogP contribution in [0.1, 0.15) is 0 Å². The van der Waals surface area contributed by atoms with Crippen LogP contribution in [0.5, 0.6) is 0 Å². The third-order valence-corrected chi connectivity index (χ3v) is 3.43. The molecule has 0 radical (unpaired) electrons. The molecule has 0 saturated carbocycles. The van der Waals surface area contributed by atoms with E-state index >= 15 is 0 Å². The van der Waals surface area contributed by atoms with Gasteiger partial charge >= 0.3 is 0 Å². The Labute approximate surface area is 115 Å². The molecule has 0 bridgehead atoms. The van der Waals surface area contributed by atoms with Crippen molar-refractivity contribution < 1.29 is 8.78 Å². The van der Waals surface area contributed by atoms with E-state index in [1.54, 1.807) is 18.2 Å². The van der Waals surface area contributed by atoms with E-state index in [1.807, 2.05) is 0 Å². The monoisotopic (exact) mass is 323 g/mol. The number of imidazole rings is 1. The van der Waals surface area contributed by atoms with Gasteiger partial charge in [0.15, 0.2) is 0 Å². The molecule has 3 rings (SSSR count). The topological polar surface area (TPSA) is 43.8 Å². The summed E-state index contributed by atoms with van der Waals surface area (Å²) >= 11 is 2.95. The fraction of sp³-hybridized carbons (Fsp3) is 0. The number of halogens is 3. The Balaban J connectivity index is 2.28.